The van der Waals surface area contributed by atoms with E-state index in [0.717, 1.165) is 22.8 Å². The maximum atomic E-state index is 11.2. The van der Waals surface area contributed by atoms with E-state index in [1.807, 2.05) is 43.3 Å². The molecule has 0 fully saturated rings. The van der Waals surface area contributed by atoms with E-state index in [2.05, 4.69) is 0 Å². The van der Waals surface area contributed by atoms with Crippen LogP contribution in [0.5, 0.6) is 0 Å². The number of rotatable bonds is 2. The maximum Gasteiger partial charge on any atom is 0.336 e. The number of aryl methyl sites for hydroxylation is 1. The van der Waals surface area contributed by atoms with Crippen LogP contribution < -0.4 is 6.15 Å². The summed E-state index contributed by atoms with van der Waals surface area (Å²) in [5.41, 5.74) is 1.33. The molecule has 4 N–H and O–H groups in total. The smallest absolute Gasteiger partial charge is 0.336 e. The predicted octanol–water partition coefficient (Wildman–Crippen LogP) is 3.26. The molecule has 0 heterocycles. The molecule has 16 heavy (non-hydrogen) atoms. The number of fused-ring (bicyclic) bond motifs is 1. The van der Waals surface area contributed by atoms with Gasteiger partial charge in [-0.25, -0.2) is 4.79 Å². The fraction of sp³-hybridized carbons (Fsp3) is 0.154. The van der Waals surface area contributed by atoms with Crippen molar-refractivity contribution in [2.75, 3.05) is 0 Å². The summed E-state index contributed by atoms with van der Waals surface area (Å²) in [6.07, 6.45) is 0.743. The molecular formula is C13H15NO2. The number of carboxylic acid groups (broad SMARTS) is 1. The van der Waals surface area contributed by atoms with E-state index in [0.29, 0.717) is 5.56 Å². The zero-order valence-corrected chi connectivity index (χ0v) is 9.23. The van der Waals surface area contributed by atoms with Gasteiger partial charge in [0.1, 0.15) is 0 Å². The van der Waals surface area contributed by atoms with Gasteiger partial charge in [-0.1, -0.05) is 43.3 Å². The van der Waals surface area contributed by atoms with Gasteiger partial charge in [-0.05, 0) is 22.8 Å². The Hall–Kier alpha value is -1.87. The Morgan fingerprint density at radius 1 is 1.19 bits per heavy atom. The van der Waals surface area contributed by atoms with E-state index in [1.165, 1.54) is 0 Å². The predicted molar refractivity (Wildman–Crippen MR) is 65.3 cm³/mol. The highest BCUT2D eigenvalue weighted by molar-refractivity contribution is 6.05. The molecule has 0 spiro atoms. The minimum Gasteiger partial charge on any atom is -0.478 e. The number of aromatic carboxylic acids is 1. The molecule has 3 heteroatoms. The first-order valence-electron chi connectivity index (χ1n) is 4.98. The van der Waals surface area contributed by atoms with Crippen molar-refractivity contribution in [1.82, 2.24) is 6.15 Å². The van der Waals surface area contributed by atoms with Gasteiger partial charge >= 0.3 is 5.97 Å². The highest BCUT2D eigenvalue weighted by Crippen LogP contribution is 2.22. The minimum atomic E-state index is -0.844. The standard InChI is InChI=1S/C13H12O2.H3N/c1-2-9-7-8-10-5-3-4-6-11(10)12(9)13(14)15;/h3-8H,2H2,1H3,(H,14,15);1H3. The number of hydrogen-bond donors (Lipinski definition) is 2. The Balaban J connectivity index is 0.00000128. The van der Waals surface area contributed by atoms with E-state index >= 15 is 0 Å². The molecule has 0 saturated heterocycles. The number of benzene rings is 2. The van der Waals surface area contributed by atoms with Gasteiger partial charge in [0.05, 0.1) is 5.56 Å². The van der Waals surface area contributed by atoms with Crippen molar-refractivity contribution in [3.8, 4) is 0 Å². The van der Waals surface area contributed by atoms with E-state index in [4.69, 9.17) is 0 Å². The van der Waals surface area contributed by atoms with Crippen LogP contribution in [0.4, 0.5) is 0 Å². The minimum absolute atomic E-state index is 0. The topological polar surface area (TPSA) is 72.3 Å². The van der Waals surface area contributed by atoms with Crippen LogP contribution in [0.25, 0.3) is 10.8 Å². The monoisotopic (exact) mass is 217 g/mol. The van der Waals surface area contributed by atoms with Gasteiger partial charge in [0.2, 0.25) is 0 Å². The quantitative estimate of drug-likeness (QED) is 0.810. The van der Waals surface area contributed by atoms with Gasteiger partial charge in [0.25, 0.3) is 0 Å². The molecule has 2 aromatic rings. The second kappa shape index (κ2) is 4.77. The molecule has 0 aromatic heterocycles. The van der Waals surface area contributed by atoms with E-state index in [1.54, 1.807) is 0 Å². The molecule has 0 radical (unpaired) electrons. The summed E-state index contributed by atoms with van der Waals surface area (Å²) in [5, 5.41) is 11.0. The molecule has 2 rings (SSSR count). The van der Waals surface area contributed by atoms with Crippen LogP contribution in [0.2, 0.25) is 0 Å². The summed E-state index contributed by atoms with van der Waals surface area (Å²) in [6.45, 7) is 1.97. The molecule has 0 aliphatic rings. The molecule has 0 aliphatic heterocycles. The van der Waals surface area contributed by atoms with Crippen LogP contribution in [0.3, 0.4) is 0 Å². The molecule has 3 nitrogen and oxygen atoms in total. The van der Waals surface area contributed by atoms with Crippen molar-refractivity contribution < 1.29 is 9.90 Å². The molecule has 0 atom stereocenters. The average molecular weight is 217 g/mol. The zero-order chi connectivity index (χ0) is 10.8. The molecule has 0 saturated carbocycles. The van der Waals surface area contributed by atoms with Crippen molar-refractivity contribution in [1.29, 1.82) is 0 Å². The molecule has 0 unspecified atom stereocenters. The van der Waals surface area contributed by atoms with E-state index in [-0.39, 0.29) is 6.15 Å². The van der Waals surface area contributed by atoms with E-state index in [9.17, 15) is 9.90 Å². The summed E-state index contributed by atoms with van der Waals surface area (Å²) in [6, 6.07) is 11.4. The highest BCUT2D eigenvalue weighted by atomic mass is 16.4. The largest absolute Gasteiger partial charge is 0.478 e. The van der Waals surface area contributed by atoms with Crippen molar-refractivity contribution >= 4 is 16.7 Å². The van der Waals surface area contributed by atoms with Crippen LogP contribution in [0.15, 0.2) is 36.4 Å². The van der Waals surface area contributed by atoms with Crippen LogP contribution in [-0.4, -0.2) is 11.1 Å². The molecular weight excluding hydrogens is 202 g/mol. The van der Waals surface area contributed by atoms with Gasteiger partial charge in [0, 0.05) is 0 Å². The van der Waals surface area contributed by atoms with Gasteiger partial charge in [-0.3, -0.25) is 0 Å². The Bertz CT molecular complexity index is 520. The Morgan fingerprint density at radius 3 is 2.50 bits per heavy atom. The van der Waals surface area contributed by atoms with Gasteiger partial charge < -0.3 is 11.3 Å². The fourth-order valence-corrected chi connectivity index (χ4v) is 1.86. The van der Waals surface area contributed by atoms with Crippen LogP contribution >= 0.6 is 0 Å². The van der Waals surface area contributed by atoms with Crippen molar-refractivity contribution in [2.24, 2.45) is 0 Å². The van der Waals surface area contributed by atoms with Crippen molar-refractivity contribution in [2.45, 2.75) is 13.3 Å². The SMILES string of the molecule is CCc1ccc2ccccc2c1C(=O)O.N. The molecule has 84 valence electrons. The summed E-state index contributed by atoms with van der Waals surface area (Å²) in [4.78, 5) is 11.2. The Labute approximate surface area is 94.3 Å². The van der Waals surface area contributed by atoms with Crippen LogP contribution in [-0.2, 0) is 6.42 Å². The van der Waals surface area contributed by atoms with Gasteiger partial charge in [0.15, 0.2) is 0 Å². The number of carbonyl (C=O) groups is 1. The first-order chi connectivity index (χ1) is 7.24. The number of carboxylic acids is 1. The number of hydrogen-bond acceptors (Lipinski definition) is 2. The zero-order valence-electron chi connectivity index (χ0n) is 9.23. The lowest BCUT2D eigenvalue weighted by atomic mass is 9.97. The van der Waals surface area contributed by atoms with E-state index < -0.39 is 5.97 Å². The third-order valence-corrected chi connectivity index (χ3v) is 2.61. The lowest BCUT2D eigenvalue weighted by Crippen LogP contribution is -2.02. The molecule has 2 aromatic carbocycles. The average Bonchev–Trinajstić information content (AvgIpc) is 2.27. The third kappa shape index (κ3) is 1.90. The summed E-state index contributed by atoms with van der Waals surface area (Å²) >= 11 is 0. The van der Waals surface area contributed by atoms with Crippen molar-refractivity contribution in [3.05, 3.63) is 47.5 Å². The first kappa shape index (κ1) is 12.2. The molecule has 0 bridgehead atoms. The summed E-state index contributed by atoms with van der Waals surface area (Å²) in [7, 11) is 0. The van der Waals surface area contributed by atoms with Gasteiger partial charge in [-0.15, -0.1) is 0 Å². The molecule has 0 aliphatic carbocycles. The summed E-state index contributed by atoms with van der Waals surface area (Å²) in [5.74, 6) is -0.844. The lowest BCUT2D eigenvalue weighted by molar-refractivity contribution is 0.0698. The lowest BCUT2D eigenvalue weighted by Gasteiger charge is -2.07. The Morgan fingerprint density at radius 2 is 1.88 bits per heavy atom. The van der Waals surface area contributed by atoms with Crippen LogP contribution in [0, 0.1) is 0 Å². The Kier molecular flexibility index (Phi) is 3.64. The third-order valence-electron chi connectivity index (χ3n) is 2.61. The van der Waals surface area contributed by atoms with Crippen molar-refractivity contribution in [3.63, 3.8) is 0 Å². The first-order valence-corrected chi connectivity index (χ1v) is 4.98. The van der Waals surface area contributed by atoms with Crippen LogP contribution in [0.1, 0.15) is 22.8 Å². The second-order valence-corrected chi connectivity index (χ2v) is 3.48. The fourth-order valence-electron chi connectivity index (χ4n) is 1.86. The molecule has 0 amide bonds. The highest BCUT2D eigenvalue weighted by Gasteiger charge is 2.12. The second-order valence-electron chi connectivity index (χ2n) is 3.48. The van der Waals surface area contributed by atoms with Gasteiger partial charge in [-0.2, -0.15) is 0 Å². The maximum absolute atomic E-state index is 11.2. The normalized spacial score (nSPS) is 9.81. The summed E-state index contributed by atoms with van der Waals surface area (Å²) < 4.78 is 0.